The molecule has 0 spiro atoms. The number of nitrogens with one attached hydrogen (secondary N) is 1. The molecule has 1 aliphatic carbocycles. The summed E-state index contributed by atoms with van der Waals surface area (Å²) in [4.78, 5) is 6.39. The fourth-order valence-corrected chi connectivity index (χ4v) is 4.95. The zero-order chi connectivity index (χ0) is 21.4. The van der Waals surface area contributed by atoms with Crippen LogP contribution in [-0.4, -0.2) is 61.8 Å². The highest BCUT2D eigenvalue weighted by Gasteiger charge is 2.45. The number of guanidine groups is 1. The number of rotatable bonds is 4. The molecule has 1 N–H and O–H groups in total. The highest BCUT2D eigenvalue weighted by Crippen LogP contribution is 2.45. The number of benzene rings is 1. The third-order valence-corrected chi connectivity index (χ3v) is 7.83. The molecule has 1 saturated carbocycles. The van der Waals surface area contributed by atoms with E-state index in [0.717, 1.165) is 0 Å². The molecule has 6 nitrogen and oxygen atoms in total. The first kappa shape index (κ1) is 21.7. The van der Waals surface area contributed by atoms with Crippen molar-refractivity contribution in [3.8, 4) is 5.75 Å². The van der Waals surface area contributed by atoms with Crippen molar-refractivity contribution in [2.75, 3.05) is 25.4 Å². The van der Waals surface area contributed by atoms with Gasteiger partial charge in [-0.1, -0.05) is 18.2 Å². The first-order valence-corrected chi connectivity index (χ1v) is 11.2. The maximum absolute atomic E-state index is 12.7. The summed E-state index contributed by atoms with van der Waals surface area (Å²) in [5, 5.41) is 3.31. The van der Waals surface area contributed by atoms with Gasteiger partial charge in [-0.2, -0.15) is 0 Å². The van der Waals surface area contributed by atoms with E-state index < -0.39 is 20.9 Å². The second-order valence-corrected chi connectivity index (χ2v) is 10.7. The standard InChI is InChI=1S/C19H26F3N3O3S/c1-4-23-17(25-9-10-29(26,27)18(2,3)12-25)24-15-11-14(15)13-7-5-6-8-16(13)28-19(20,21)22/h5-8,14-15H,4,9-12H2,1-3H3,(H,23,24). The van der Waals surface area contributed by atoms with Gasteiger partial charge in [0.15, 0.2) is 15.8 Å². The van der Waals surface area contributed by atoms with Gasteiger partial charge < -0.3 is 15.0 Å². The summed E-state index contributed by atoms with van der Waals surface area (Å²) in [7, 11) is -3.18. The summed E-state index contributed by atoms with van der Waals surface area (Å²) in [5.74, 6) is 0.323. The van der Waals surface area contributed by atoms with Gasteiger partial charge in [-0.3, -0.25) is 4.99 Å². The lowest BCUT2D eigenvalue weighted by Crippen LogP contribution is -2.57. The van der Waals surface area contributed by atoms with Crippen molar-refractivity contribution < 1.29 is 26.3 Å². The third-order valence-electron chi connectivity index (χ3n) is 5.30. The van der Waals surface area contributed by atoms with E-state index in [4.69, 9.17) is 0 Å². The summed E-state index contributed by atoms with van der Waals surface area (Å²) in [6.07, 6.45) is -4.09. The predicted molar refractivity (Wildman–Crippen MR) is 105 cm³/mol. The van der Waals surface area contributed by atoms with E-state index in [0.29, 0.717) is 37.6 Å². The van der Waals surface area contributed by atoms with E-state index in [9.17, 15) is 21.6 Å². The third kappa shape index (κ3) is 4.96. The molecule has 29 heavy (non-hydrogen) atoms. The molecule has 162 valence electrons. The number of aliphatic imine (C=N–C) groups is 1. The molecule has 2 aliphatic rings. The van der Waals surface area contributed by atoms with Gasteiger partial charge in [0, 0.05) is 31.6 Å². The zero-order valence-corrected chi connectivity index (χ0v) is 17.5. The molecular weight excluding hydrogens is 407 g/mol. The highest BCUT2D eigenvalue weighted by molar-refractivity contribution is 7.92. The van der Waals surface area contributed by atoms with Crippen LogP contribution in [0.2, 0.25) is 0 Å². The fourth-order valence-electron chi connectivity index (χ4n) is 3.58. The molecule has 0 radical (unpaired) electrons. The van der Waals surface area contributed by atoms with Gasteiger partial charge in [0.05, 0.1) is 10.5 Å². The summed E-state index contributed by atoms with van der Waals surface area (Å²) in [6.45, 7) is 6.43. The van der Waals surface area contributed by atoms with Gasteiger partial charge in [-0.15, -0.1) is 13.2 Å². The van der Waals surface area contributed by atoms with Crippen LogP contribution in [0.1, 0.15) is 38.7 Å². The van der Waals surface area contributed by atoms with E-state index in [1.54, 1.807) is 26.0 Å². The second kappa shape index (κ2) is 7.70. The lowest BCUT2D eigenvalue weighted by atomic mass is 10.1. The zero-order valence-electron chi connectivity index (χ0n) is 16.7. The van der Waals surface area contributed by atoms with Crippen molar-refractivity contribution in [2.45, 2.75) is 50.3 Å². The molecule has 3 rings (SSSR count). The molecule has 2 fully saturated rings. The van der Waals surface area contributed by atoms with Gasteiger partial charge in [-0.05, 0) is 38.8 Å². The highest BCUT2D eigenvalue weighted by atomic mass is 32.2. The predicted octanol–water partition coefficient (Wildman–Crippen LogP) is 2.92. The minimum atomic E-state index is -4.74. The summed E-state index contributed by atoms with van der Waals surface area (Å²) in [5.41, 5.74) is 0.500. The van der Waals surface area contributed by atoms with Gasteiger partial charge in [-0.25, -0.2) is 8.42 Å². The van der Waals surface area contributed by atoms with Gasteiger partial charge in [0.1, 0.15) is 5.75 Å². The van der Waals surface area contributed by atoms with Crippen LogP contribution < -0.4 is 10.1 Å². The summed E-state index contributed by atoms with van der Waals surface area (Å²) < 4.78 is 65.8. The van der Waals surface area contributed by atoms with Crippen molar-refractivity contribution in [1.29, 1.82) is 0 Å². The van der Waals surface area contributed by atoms with Gasteiger partial charge >= 0.3 is 6.36 Å². The van der Waals surface area contributed by atoms with Crippen LogP contribution in [0.5, 0.6) is 5.75 Å². The van der Waals surface area contributed by atoms with E-state index in [2.05, 4.69) is 15.0 Å². The van der Waals surface area contributed by atoms with E-state index in [1.165, 1.54) is 12.1 Å². The van der Waals surface area contributed by atoms with Crippen LogP contribution in [0.25, 0.3) is 0 Å². The van der Waals surface area contributed by atoms with E-state index in [-0.39, 0.29) is 23.5 Å². The molecule has 0 amide bonds. The van der Waals surface area contributed by atoms with Crippen LogP contribution in [-0.2, 0) is 9.84 Å². The van der Waals surface area contributed by atoms with Crippen molar-refractivity contribution in [1.82, 2.24) is 10.2 Å². The van der Waals surface area contributed by atoms with Crippen molar-refractivity contribution in [2.24, 2.45) is 4.99 Å². The Balaban J connectivity index is 1.72. The minimum Gasteiger partial charge on any atom is -0.405 e. The van der Waals surface area contributed by atoms with E-state index in [1.807, 2.05) is 11.8 Å². The smallest absolute Gasteiger partial charge is 0.405 e. The SMILES string of the molecule is CCN=C(NC1CC1c1ccccc1OC(F)(F)F)N1CCS(=O)(=O)C(C)(C)C1. The number of hydrogen-bond acceptors (Lipinski definition) is 4. The van der Waals surface area contributed by atoms with E-state index >= 15 is 0 Å². The number of nitrogens with zero attached hydrogens (tertiary/aromatic N) is 2. The van der Waals surface area contributed by atoms with Crippen LogP contribution in [0.3, 0.4) is 0 Å². The Bertz CT molecular complexity index is 884. The number of halogens is 3. The molecule has 1 aromatic carbocycles. The number of para-hydroxylation sites is 1. The molecule has 10 heteroatoms. The Kier molecular flexibility index (Phi) is 5.77. The quantitative estimate of drug-likeness (QED) is 0.584. The van der Waals surface area contributed by atoms with Crippen LogP contribution in [0, 0.1) is 0 Å². The van der Waals surface area contributed by atoms with Crippen LogP contribution >= 0.6 is 0 Å². The average molecular weight is 433 g/mol. The lowest BCUT2D eigenvalue weighted by Gasteiger charge is -2.39. The molecule has 1 saturated heterocycles. The Hall–Kier alpha value is -1.97. The number of ether oxygens (including phenoxy) is 1. The average Bonchev–Trinajstić information content (AvgIpc) is 3.35. The molecule has 2 unspecified atom stereocenters. The lowest BCUT2D eigenvalue weighted by molar-refractivity contribution is -0.274. The Morgan fingerprint density at radius 3 is 2.66 bits per heavy atom. The molecule has 1 aromatic rings. The number of sulfone groups is 1. The van der Waals surface area contributed by atoms with Gasteiger partial charge in [0.25, 0.3) is 0 Å². The second-order valence-electron chi connectivity index (χ2n) is 7.98. The first-order chi connectivity index (χ1) is 13.4. The number of alkyl halides is 3. The molecule has 1 aliphatic heterocycles. The topological polar surface area (TPSA) is 71.0 Å². The van der Waals surface area contributed by atoms with Gasteiger partial charge in [0.2, 0.25) is 0 Å². The van der Waals surface area contributed by atoms with Crippen molar-refractivity contribution in [3.63, 3.8) is 0 Å². The number of hydrogen-bond donors (Lipinski definition) is 1. The molecule has 0 aromatic heterocycles. The minimum absolute atomic E-state index is 0.0424. The maximum Gasteiger partial charge on any atom is 0.573 e. The normalized spacial score (nSPS) is 26.1. The van der Waals surface area contributed by atoms with Crippen molar-refractivity contribution in [3.05, 3.63) is 29.8 Å². The molecule has 0 bridgehead atoms. The maximum atomic E-state index is 12.7. The molecular formula is C19H26F3N3O3S. The van der Waals surface area contributed by atoms with Crippen molar-refractivity contribution >= 4 is 15.8 Å². The Morgan fingerprint density at radius 2 is 2.03 bits per heavy atom. The van der Waals surface area contributed by atoms with Crippen LogP contribution in [0.15, 0.2) is 29.3 Å². The molecule has 1 heterocycles. The Morgan fingerprint density at radius 1 is 1.34 bits per heavy atom. The molecule has 2 atom stereocenters. The fraction of sp³-hybridized carbons (Fsp3) is 0.632. The summed E-state index contributed by atoms with van der Waals surface area (Å²) >= 11 is 0. The summed E-state index contributed by atoms with van der Waals surface area (Å²) in [6, 6.07) is 6.07. The Labute approximate surface area is 169 Å². The first-order valence-electron chi connectivity index (χ1n) is 9.56. The largest absolute Gasteiger partial charge is 0.573 e. The monoisotopic (exact) mass is 433 g/mol. The van der Waals surface area contributed by atoms with Crippen LogP contribution in [0.4, 0.5) is 13.2 Å².